The van der Waals surface area contributed by atoms with Crippen molar-refractivity contribution < 1.29 is 14.9 Å². The van der Waals surface area contributed by atoms with Crippen LogP contribution in [-0.4, -0.2) is 38.1 Å². The molecule has 6 heteroatoms. The fourth-order valence-corrected chi connectivity index (χ4v) is 2.88. The van der Waals surface area contributed by atoms with E-state index >= 15 is 0 Å². The number of rotatable bonds is 1. The monoisotopic (exact) mass is 312 g/mol. The van der Waals surface area contributed by atoms with E-state index in [1.807, 2.05) is 24.3 Å². The summed E-state index contributed by atoms with van der Waals surface area (Å²) in [5.41, 5.74) is 1.67. The summed E-state index contributed by atoms with van der Waals surface area (Å²) in [5, 5.41) is 19.8. The summed E-state index contributed by atoms with van der Waals surface area (Å²) in [4.78, 5) is 4.35. The highest BCUT2D eigenvalue weighted by Crippen LogP contribution is 2.34. The number of nitrogens with zero attached hydrogens (tertiary/aromatic N) is 2. The van der Waals surface area contributed by atoms with Gasteiger partial charge in [-0.3, -0.25) is 4.57 Å². The van der Waals surface area contributed by atoms with Crippen molar-refractivity contribution >= 4 is 27.0 Å². The van der Waals surface area contributed by atoms with E-state index in [1.54, 1.807) is 11.5 Å². The Morgan fingerprint density at radius 2 is 2.00 bits per heavy atom. The number of hydrogen-bond donors (Lipinski definition) is 2. The van der Waals surface area contributed by atoms with E-state index in [1.165, 1.54) is 0 Å². The predicted molar refractivity (Wildman–Crippen MR) is 69.0 cm³/mol. The van der Waals surface area contributed by atoms with Gasteiger partial charge in [0.25, 0.3) is 0 Å². The van der Waals surface area contributed by atoms with Crippen molar-refractivity contribution in [2.75, 3.05) is 0 Å². The molecule has 2 aromatic rings. The molecule has 0 aliphatic carbocycles. The summed E-state index contributed by atoms with van der Waals surface area (Å²) in [6.07, 6.45) is -2.88. The van der Waals surface area contributed by atoms with Crippen LogP contribution in [0.3, 0.4) is 0 Å². The molecule has 3 rings (SSSR count). The molecule has 1 fully saturated rings. The second-order valence-corrected chi connectivity index (χ2v) is 5.16. The lowest BCUT2D eigenvalue weighted by atomic mass is 10.1. The lowest BCUT2D eigenvalue weighted by Gasteiger charge is -2.18. The number of aliphatic hydroxyl groups is 2. The number of fused-ring (bicyclic) bond motifs is 1. The standard InChI is InChI=1S/C12H13BrN2O3/c1-6-9(16)10(17)11(18-6)15-8-5-3-2-4-7(8)14-12(15)13/h2-6,9-11,16-17H,1H3/t6-,9-,10-,11-/m1/s1. The van der Waals surface area contributed by atoms with Crippen molar-refractivity contribution in [3.63, 3.8) is 0 Å². The third kappa shape index (κ3) is 1.68. The summed E-state index contributed by atoms with van der Waals surface area (Å²) in [5.74, 6) is 0. The number of imidazole rings is 1. The molecule has 18 heavy (non-hydrogen) atoms. The minimum absolute atomic E-state index is 0.405. The molecule has 1 aromatic carbocycles. The van der Waals surface area contributed by atoms with E-state index in [0.29, 0.717) is 4.73 Å². The van der Waals surface area contributed by atoms with Crippen LogP contribution in [0, 0.1) is 0 Å². The molecule has 1 aromatic heterocycles. The van der Waals surface area contributed by atoms with Crippen molar-refractivity contribution in [2.45, 2.75) is 31.5 Å². The zero-order chi connectivity index (χ0) is 12.9. The molecule has 2 heterocycles. The summed E-state index contributed by atoms with van der Waals surface area (Å²) >= 11 is 3.37. The van der Waals surface area contributed by atoms with Crippen molar-refractivity contribution in [1.82, 2.24) is 9.55 Å². The van der Waals surface area contributed by atoms with Gasteiger partial charge in [-0.05, 0) is 35.0 Å². The normalized spacial score (nSPS) is 32.2. The second-order valence-electron chi connectivity index (χ2n) is 4.45. The van der Waals surface area contributed by atoms with Crippen LogP contribution in [0.4, 0.5) is 0 Å². The van der Waals surface area contributed by atoms with Crippen LogP contribution in [0.2, 0.25) is 0 Å². The molecule has 1 saturated heterocycles. The summed E-state index contributed by atoms with van der Waals surface area (Å²) in [7, 11) is 0. The maximum Gasteiger partial charge on any atom is 0.180 e. The molecule has 1 aliphatic rings. The molecule has 96 valence electrons. The lowest BCUT2D eigenvalue weighted by molar-refractivity contribution is -0.0309. The summed E-state index contributed by atoms with van der Waals surface area (Å²) in [6, 6.07) is 7.58. The zero-order valence-electron chi connectivity index (χ0n) is 9.69. The third-order valence-electron chi connectivity index (χ3n) is 3.28. The van der Waals surface area contributed by atoms with Crippen molar-refractivity contribution in [2.24, 2.45) is 0 Å². The molecular formula is C12H13BrN2O3. The number of para-hydroxylation sites is 2. The highest BCUT2D eigenvalue weighted by Gasteiger charge is 2.42. The van der Waals surface area contributed by atoms with Crippen LogP contribution in [0.15, 0.2) is 29.0 Å². The Balaban J connectivity index is 2.12. The van der Waals surface area contributed by atoms with Gasteiger partial charge < -0.3 is 14.9 Å². The third-order valence-corrected chi connectivity index (χ3v) is 3.84. The molecule has 0 saturated carbocycles. The zero-order valence-corrected chi connectivity index (χ0v) is 11.3. The van der Waals surface area contributed by atoms with Crippen LogP contribution in [0.5, 0.6) is 0 Å². The highest BCUT2D eigenvalue weighted by atomic mass is 79.9. The molecular weight excluding hydrogens is 300 g/mol. The fourth-order valence-electron chi connectivity index (χ4n) is 2.30. The number of hydrogen-bond acceptors (Lipinski definition) is 4. The van der Waals surface area contributed by atoms with Gasteiger partial charge in [0.1, 0.15) is 12.2 Å². The van der Waals surface area contributed by atoms with Gasteiger partial charge >= 0.3 is 0 Å². The molecule has 1 aliphatic heterocycles. The maximum atomic E-state index is 10.0. The quantitative estimate of drug-likeness (QED) is 0.836. The number of aromatic nitrogens is 2. The van der Waals surface area contributed by atoms with Gasteiger partial charge in [0.2, 0.25) is 0 Å². The van der Waals surface area contributed by atoms with E-state index < -0.39 is 24.5 Å². The van der Waals surface area contributed by atoms with Gasteiger partial charge in [-0.25, -0.2) is 4.98 Å². The van der Waals surface area contributed by atoms with Gasteiger partial charge in [0, 0.05) is 0 Å². The Morgan fingerprint density at radius 3 is 2.67 bits per heavy atom. The van der Waals surface area contributed by atoms with E-state index in [4.69, 9.17) is 4.74 Å². The molecule has 5 nitrogen and oxygen atoms in total. The van der Waals surface area contributed by atoms with Crippen LogP contribution >= 0.6 is 15.9 Å². The van der Waals surface area contributed by atoms with Crippen LogP contribution < -0.4 is 0 Å². The number of aliphatic hydroxyl groups excluding tert-OH is 2. The van der Waals surface area contributed by atoms with Crippen molar-refractivity contribution in [3.8, 4) is 0 Å². The Bertz CT molecular complexity index is 586. The largest absolute Gasteiger partial charge is 0.388 e. The van der Waals surface area contributed by atoms with Gasteiger partial charge in [-0.1, -0.05) is 12.1 Å². The van der Waals surface area contributed by atoms with E-state index in [0.717, 1.165) is 11.0 Å². The summed E-state index contributed by atoms with van der Waals surface area (Å²) in [6.45, 7) is 1.74. The Morgan fingerprint density at radius 1 is 1.28 bits per heavy atom. The maximum absolute atomic E-state index is 10.0. The molecule has 0 radical (unpaired) electrons. The van der Waals surface area contributed by atoms with Crippen LogP contribution in [0.1, 0.15) is 13.2 Å². The van der Waals surface area contributed by atoms with E-state index in [2.05, 4.69) is 20.9 Å². The van der Waals surface area contributed by atoms with Crippen molar-refractivity contribution in [1.29, 1.82) is 0 Å². The molecule has 0 amide bonds. The first kappa shape index (κ1) is 12.1. The second kappa shape index (κ2) is 4.31. The molecule has 2 N–H and O–H groups in total. The van der Waals surface area contributed by atoms with E-state index in [-0.39, 0.29) is 0 Å². The average Bonchev–Trinajstić information content (AvgIpc) is 2.80. The van der Waals surface area contributed by atoms with Crippen LogP contribution in [0.25, 0.3) is 11.0 Å². The van der Waals surface area contributed by atoms with Gasteiger partial charge in [-0.15, -0.1) is 0 Å². The smallest absolute Gasteiger partial charge is 0.180 e. The first-order chi connectivity index (χ1) is 8.59. The molecule has 0 spiro atoms. The number of halogens is 1. The fraction of sp³-hybridized carbons (Fsp3) is 0.417. The highest BCUT2D eigenvalue weighted by molar-refractivity contribution is 9.10. The number of benzene rings is 1. The Hall–Kier alpha value is -0.950. The lowest BCUT2D eigenvalue weighted by Crippen LogP contribution is -2.30. The first-order valence-corrected chi connectivity index (χ1v) is 6.53. The molecule has 4 atom stereocenters. The SMILES string of the molecule is C[C@H]1O[C@@H](n2c(Br)nc3ccccc32)[C@H](O)[C@@H]1O. The first-order valence-electron chi connectivity index (χ1n) is 5.73. The predicted octanol–water partition coefficient (Wildman–Crippen LogP) is 1.44. The number of ether oxygens (including phenoxy) is 1. The minimum atomic E-state index is -0.964. The summed E-state index contributed by atoms with van der Waals surface area (Å²) < 4.78 is 7.95. The Kier molecular flexibility index (Phi) is 2.90. The molecule has 0 bridgehead atoms. The van der Waals surface area contributed by atoms with E-state index in [9.17, 15) is 10.2 Å². The minimum Gasteiger partial charge on any atom is -0.388 e. The Labute approximate surface area is 112 Å². The average molecular weight is 313 g/mol. The topological polar surface area (TPSA) is 67.5 Å². The van der Waals surface area contributed by atoms with Gasteiger partial charge in [0.05, 0.1) is 17.1 Å². The van der Waals surface area contributed by atoms with Gasteiger partial charge in [0.15, 0.2) is 11.0 Å². The van der Waals surface area contributed by atoms with Gasteiger partial charge in [-0.2, -0.15) is 0 Å². The van der Waals surface area contributed by atoms with Crippen molar-refractivity contribution in [3.05, 3.63) is 29.0 Å². The van der Waals surface area contributed by atoms with Crippen LogP contribution in [-0.2, 0) is 4.74 Å². The molecule has 0 unspecified atom stereocenters.